The lowest BCUT2D eigenvalue weighted by atomic mass is 10.0. The van der Waals surface area contributed by atoms with Gasteiger partial charge in [0.15, 0.2) is 0 Å². The Labute approximate surface area is 182 Å². The minimum Gasteiger partial charge on any atom is -0.383 e. The molecule has 0 amide bonds. The molecular formula is C23H33N6O2+. The van der Waals surface area contributed by atoms with Crippen molar-refractivity contribution < 1.29 is 9.64 Å². The number of H-pyrrole nitrogens is 1. The average Bonchev–Trinajstić information content (AvgIpc) is 3.45. The highest BCUT2D eigenvalue weighted by Crippen LogP contribution is 2.20. The molecule has 4 rings (SSSR count). The maximum atomic E-state index is 13.0. The topological polar surface area (TPSA) is 90.1 Å². The van der Waals surface area contributed by atoms with Gasteiger partial charge in [-0.1, -0.05) is 19.1 Å². The van der Waals surface area contributed by atoms with Crippen LogP contribution in [0.5, 0.6) is 0 Å². The highest BCUT2D eigenvalue weighted by Gasteiger charge is 2.36. The van der Waals surface area contributed by atoms with E-state index in [0.29, 0.717) is 25.7 Å². The Morgan fingerprint density at radius 1 is 1.29 bits per heavy atom. The number of fused-ring (bicyclic) bond motifs is 1. The van der Waals surface area contributed by atoms with Crippen LogP contribution in [0.2, 0.25) is 0 Å². The van der Waals surface area contributed by atoms with Crippen LogP contribution < -0.4 is 10.5 Å². The molecule has 2 heterocycles. The summed E-state index contributed by atoms with van der Waals surface area (Å²) in [6, 6.07) is 8.89. The summed E-state index contributed by atoms with van der Waals surface area (Å²) in [4.78, 5) is 17.5. The summed E-state index contributed by atoms with van der Waals surface area (Å²) in [5.41, 5.74) is 2.87. The van der Waals surface area contributed by atoms with Crippen LogP contribution in [0, 0.1) is 6.92 Å². The molecule has 0 radical (unpaired) electrons. The number of aromatic amines is 1. The predicted molar refractivity (Wildman–Crippen MR) is 119 cm³/mol. The average molecular weight is 426 g/mol. The molecule has 1 aromatic carbocycles. The zero-order valence-electron chi connectivity index (χ0n) is 18.7. The van der Waals surface area contributed by atoms with Gasteiger partial charge in [-0.25, -0.2) is 4.68 Å². The number of hydrogen-bond acceptors (Lipinski definition) is 5. The van der Waals surface area contributed by atoms with Crippen molar-refractivity contribution in [3.63, 3.8) is 0 Å². The van der Waals surface area contributed by atoms with E-state index in [9.17, 15) is 4.79 Å². The first-order valence-electron chi connectivity index (χ1n) is 11.3. The third-order valence-corrected chi connectivity index (χ3v) is 6.59. The summed E-state index contributed by atoms with van der Waals surface area (Å²) >= 11 is 0. The first kappa shape index (κ1) is 21.6. The second-order valence-corrected chi connectivity index (χ2v) is 8.66. The first-order chi connectivity index (χ1) is 15.1. The number of quaternary nitrogens is 1. The van der Waals surface area contributed by atoms with E-state index in [1.807, 2.05) is 17.7 Å². The third-order valence-electron chi connectivity index (χ3n) is 6.59. The molecule has 0 aliphatic heterocycles. The zero-order valence-corrected chi connectivity index (χ0v) is 18.7. The molecular weight excluding hydrogens is 392 g/mol. The summed E-state index contributed by atoms with van der Waals surface area (Å²) < 4.78 is 7.10. The smallest absolute Gasteiger partial charge is 0.257 e. The van der Waals surface area contributed by atoms with Crippen molar-refractivity contribution in [1.82, 2.24) is 25.2 Å². The summed E-state index contributed by atoms with van der Waals surface area (Å²) in [6.45, 7) is 6.08. The van der Waals surface area contributed by atoms with Crippen molar-refractivity contribution in [3.8, 4) is 0 Å². The summed E-state index contributed by atoms with van der Waals surface area (Å²) in [6.07, 6.45) is 5.75. The minimum absolute atomic E-state index is 0.00225. The van der Waals surface area contributed by atoms with E-state index in [-0.39, 0.29) is 11.6 Å². The van der Waals surface area contributed by atoms with E-state index < -0.39 is 0 Å². The Bertz CT molecular complexity index is 1070. The molecule has 2 N–H and O–H groups in total. The number of methoxy groups -OCH3 is 1. The fourth-order valence-corrected chi connectivity index (χ4v) is 4.97. The predicted octanol–water partition coefficient (Wildman–Crippen LogP) is 1.95. The normalized spacial score (nSPS) is 16.7. The molecule has 166 valence electrons. The molecule has 8 heteroatoms. The van der Waals surface area contributed by atoms with Crippen molar-refractivity contribution in [2.24, 2.45) is 0 Å². The third kappa shape index (κ3) is 4.70. The second kappa shape index (κ2) is 9.70. The van der Waals surface area contributed by atoms with Crippen molar-refractivity contribution in [2.75, 3.05) is 13.7 Å². The maximum Gasteiger partial charge on any atom is 0.257 e. The summed E-state index contributed by atoms with van der Waals surface area (Å²) in [5.74, 6) is 0.884. The van der Waals surface area contributed by atoms with Gasteiger partial charge in [0.25, 0.3) is 5.56 Å². The van der Waals surface area contributed by atoms with Crippen molar-refractivity contribution in [2.45, 2.75) is 71.1 Å². The van der Waals surface area contributed by atoms with Crippen LogP contribution in [-0.2, 0) is 17.8 Å². The van der Waals surface area contributed by atoms with E-state index in [0.717, 1.165) is 34.3 Å². The molecule has 3 aromatic rings. The Morgan fingerprint density at radius 3 is 2.84 bits per heavy atom. The fourth-order valence-electron chi connectivity index (χ4n) is 4.97. The van der Waals surface area contributed by atoms with E-state index in [1.165, 1.54) is 30.6 Å². The Kier molecular flexibility index (Phi) is 6.77. The van der Waals surface area contributed by atoms with Crippen LogP contribution in [0.1, 0.15) is 62.0 Å². The second-order valence-electron chi connectivity index (χ2n) is 8.66. The number of tetrazole rings is 1. The zero-order chi connectivity index (χ0) is 21.8. The largest absolute Gasteiger partial charge is 0.383 e. The lowest BCUT2D eigenvalue weighted by Crippen LogP contribution is -3.14. The number of nitrogens with zero attached hydrogens (tertiary/aromatic N) is 4. The van der Waals surface area contributed by atoms with E-state index in [2.05, 4.69) is 45.6 Å². The molecule has 1 unspecified atom stereocenters. The molecule has 1 fully saturated rings. The Hall–Kier alpha value is -2.58. The van der Waals surface area contributed by atoms with E-state index >= 15 is 0 Å². The van der Waals surface area contributed by atoms with Gasteiger partial charge >= 0.3 is 0 Å². The highest BCUT2D eigenvalue weighted by molar-refractivity contribution is 5.79. The minimum atomic E-state index is 0.00225. The van der Waals surface area contributed by atoms with E-state index in [4.69, 9.17) is 4.74 Å². The molecule has 8 nitrogen and oxygen atoms in total. The van der Waals surface area contributed by atoms with Crippen LogP contribution in [0.4, 0.5) is 0 Å². The van der Waals surface area contributed by atoms with Crippen LogP contribution in [-0.4, -0.2) is 44.9 Å². The number of hydrogen-bond donors (Lipinski definition) is 2. The lowest BCUT2D eigenvalue weighted by Gasteiger charge is -2.32. The number of pyridine rings is 1. The van der Waals surface area contributed by atoms with Gasteiger partial charge in [-0.2, -0.15) is 0 Å². The summed E-state index contributed by atoms with van der Waals surface area (Å²) in [7, 11) is 1.69. The van der Waals surface area contributed by atoms with Crippen LogP contribution in [0.3, 0.4) is 0 Å². The van der Waals surface area contributed by atoms with Gasteiger partial charge in [-0.3, -0.25) is 4.79 Å². The number of ether oxygens (including phenoxy) is 1. The van der Waals surface area contributed by atoms with Gasteiger partial charge in [0.2, 0.25) is 5.82 Å². The standard InChI is InChI=1S/C23H32N6O2/c1-4-21(22-25-26-27-29(22)11-12-31-3)28(19-7-5-6-8-19)15-18-14-17-10-9-16(2)13-20(17)24-23(18)30/h9-10,13-14,19,21H,4-8,11-12,15H2,1-3H3,(H,24,30)/p+1/t21-/m0/s1. The van der Waals surface area contributed by atoms with Crippen LogP contribution >= 0.6 is 0 Å². The number of benzene rings is 1. The number of nitrogens with one attached hydrogen (secondary N) is 2. The van der Waals surface area contributed by atoms with Gasteiger partial charge < -0.3 is 14.6 Å². The van der Waals surface area contributed by atoms with Gasteiger partial charge in [-0.05, 0) is 66.1 Å². The number of rotatable bonds is 9. The lowest BCUT2D eigenvalue weighted by molar-refractivity contribution is -0.969. The molecule has 0 bridgehead atoms. The van der Waals surface area contributed by atoms with Gasteiger partial charge in [-0.15, -0.1) is 5.10 Å². The fraction of sp³-hybridized carbons (Fsp3) is 0.565. The van der Waals surface area contributed by atoms with Gasteiger partial charge in [0.1, 0.15) is 12.6 Å². The van der Waals surface area contributed by atoms with Gasteiger partial charge in [0, 0.05) is 19.0 Å². The summed E-state index contributed by atoms with van der Waals surface area (Å²) in [5, 5.41) is 13.6. The molecule has 2 atom stereocenters. The molecule has 1 aliphatic rings. The number of aryl methyl sites for hydroxylation is 1. The first-order valence-corrected chi connectivity index (χ1v) is 11.3. The quantitative estimate of drug-likeness (QED) is 0.547. The Morgan fingerprint density at radius 2 is 2.10 bits per heavy atom. The van der Waals surface area contributed by atoms with Crippen molar-refractivity contribution >= 4 is 10.9 Å². The van der Waals surface area contributed by atoms with Crippen molar-refractivity contribution in [3.05, 3.63) is 51.6 Å². The highest BCUT2D eigenvalue weighted by atomic mass is 16.5. The monoisotopic (exact) mass is 425 g/mol. The van der Waals surface area contributed by atoms with Crippen LogP contribution in [0.15, 0.2) is 29.1 Å². The Balaban J connectivity index is 1.69. The maximum absolute atomic E-state index is 13.0. The van der Waals surface area contributed by atoms with E-state index in [1.54, 1.807) is 7.11 Å². The molecule has 31 heavy (non-hydrogen) atoms. The SMILES string of the molecule is CC[C@@H](c1nnnn1CCOC)[NH+](Cc1cc2ccc(C)cc2[nH]c1=O)C1CCCC1. The van der Waals surface area contributed by atoms with Crippen LogP contribution in [0.25, 0.3) is 10.9 Å². The molecule has 0 saturated heterocycles. The van der Waals surface area contributed by atoms with Gasteiger partial charge in [0.05, 0.1) is 24.8 Å². The number of aromatic nitrogens is 5. The van der Waals surface area contributed by atoms with Crippen molar-refractivity contribution in [1.29, 1.82) is 0 Å². The molecule has 2 aromatic heterocycles. The molecule has 1 aliphatic carbocycles. The molecule has 0 spiro atoms. The molecule has 1 saturated carbocycles.